The fraction of sp³-hybridized carbons (Fsp3) is 0.750. The number of amides is 3. The van der Waals surface area contributed by atoms with Crippen LogP contribution in [0.3, 0.4) is 0 Å². The zero-order valence-corrected chi connectivity index (χ0v) is 33.3. The van der Waals surface area contributed by atoms with Crippen LogP contribution in [0, 0.1) is 35.5 Å². The average molecular weight is 717 g/mol. The zero-order chi connectivity index (χ0) is 38.6. The first-order chi connectivity index (χ1) is 24.0. The molecule has 0 spiro atoms. The van der Waals surface area contributed by atoms with Crippen molar-refractivity contribution in [1.29, 1.82) is 0 Å². The van der Waals surface area contributed by atoms with Crippen molar-refractivity contribution < 1.29 is 33.8 Å². The molecule has 1 aliphatic rings. The molecule has 1 aromatic rings. The van der Waals surface area contributed by atoms with Gasteiger partial charge in [0.05, 0.1) is 42.4 Å². The summed E-state index contributed by atoms with van der Waals surface area (Å²) in [6.07, 6.45) is 1.19. The number of ketones is 1. The van der Waals surface area contributed by atoms with Gasteiger partial charge in [-0.15, -0.1) is 0 Å². The Hall–Kier alpha value is -2.86. The van der Waals surface area contributed by atoms with Crippen LogP contribution in [0.25, 0.3) is 0 Å². The molecule has 0 aromatic heterocycles. The van der Waals surface area contributed by atoms with E-state index in [0.717, 1.165) is 24.8 Å². The van der Waals surface area contributed by atoms with Gasteiger partial charge in [0.15, 0.2) is 0 Å². The van der Waals surface area contributed by atoms with Gasteiger partial charge < -0.3 is 35.4 Å². The Bertz CT molecular complexity index is 1240. The fourth-order valence-corrected chi connectivity index (χ4v) is 7.88. The summed E-state index contributed by atoms with van der Waals surface area (Å²) < 4.78 is 12.0. The summed E-state index contributed by atoms with van der Waals surface area (Å²) >= 11 is 0. The van der Waals surface area contributed by atoms with E-state index >= 15 is 0 Å². The molecule has 1 saturated carbocycles. The maximum atomic E-state index is 14.2. The van der Waals surface area contributed by atoms with Crippen molar-refractivity contribution in [2.75, 3.05) is 28.3 Å². The molecule has 0 radical (unpaired) electrons. The summed E-state index contributed by atoms with van der Waals surface area (Å²) in [4.78, 5) is 56.6. The molecule has 0 saturated heterocycles. The van der Waals surface area contributed by atoms with Crippen LogP contribution < -0.4 is 16.0 Å². The maximum Gasteiger partial charge on any atom is 0.245 e. The second kappa shape index (κ2) is 21.0. The third kappa shape index (κ3) is 11.6. The van der Waals surface area contributed by atoms with Gasteiger partial charge in [0.1, 0.15) is 11.8 Å². The summed E-state index contributed by atoms with van der Waals surface area (Å²) in [5.41, 5.74) is 0.719. The van der Waals surface area contributed by atoms with Crippen molar-refractivity contribution >= 4 is 23.5 Å². The quantitative estimate of drug-likeness (QED) is 0.145. The van der Waals surface area contributed by atoms with Crippen molar-refractivity contribution in [3.8, 4) is 0 Å². The number of ether oxygens (including phenoxy) is 2. The van der Waals surface area contributed by atoms with Crippen LogP contribution in [-0.2, 0) is 28.7 Å². The summed E-state index contributed by atoms with van der Waals surface area (Å²) in [7, 11) is 6.64. The molecule has 51 heavy (non-hydrogen) atoms. The third-order valence-corrected chi connectivity index (χ3v) is 11.2. The van der Waals surface area contributed by atoms with Gasteiger partial charge in [0, 0.05) is 33.6 Å². The number of Topliss-reactive ketones (excluding diaryl/α,β-unsaturated/α-hetero) is 1. The number of nitrogens with zero attached hydrogens (tertiary/aromatic N) is 1. The van der Waals surface area contributed by atoms with Gasteiger partial charge >= 0.3 is 0 Å². The minimum atomic E-state index is -0.865. The van der Waals surface area contributed by atoms with Crippen molar-refractivity contribution in [3.63, 3.8) is 0 Å². The van der Waals surface area contributed by atoms with Gasteiger partial charge in [-0.3, -0.25) is 19.2 Å². The Kier molecular flexibility index (Phi) is 18.2. The van der Waals surface area contributed by atoms with E-state index < -0.39 is 48.4 Å². The Labute approximate surface area is 307 Å². The number of aliphatic hydroxyl groups excluding tert-OH is 1. The lowest BCUT2D eigenvalue weighted by Gasteiger charge is -2.40. The number of benzene rings is 1. The van der Waals surface area contributed by atoms with Gasteiger partial charge in [0.2, 0.25) is 17.7 Å². The van der Waals surface area contributed by atoms with Crippen LogP contribution in [0.2, 0.25) is 0 Å². The maximum absolute atomic E-state index is 14.2. The highest BCUT2D eigenvalue weighted by Gasteiger charge is 2.44. The SMILES string of the molecule is CC[C@H](C)C([C@@H](CC(=O)C1CCC[C@H]1[C@H](OC)[C@@H](C)C(=O)N[C@H](C)[C@@H](O)c1ccccc1)OC)N(C)C(=O)[C@@H](NC(=O)[C@@H](NC)C(C)C)C(C)C. The highest BCUT2D eigenvalue weighted by Crippen LogP contribution is 2.40. The average Bonchev–Trinajstić information content (AvgIpc) is 3.59. The standard InChI is InChI=1S/C40H68N4O7/c1-13-25(6)35(44(10)40(49)34(24(4)5)43-39(48)33(41-9)23(2)3)32(50-11)22-31(45)29-20-17-21-30(29)37(51-12)26(7)38(47)42-27(8)36(46)28-18-15-14-16-19-28/h14-16,18-19,23-27,29-30,32-37,41,46H,13,17,20-22H2,1-12H3,(H,42,47)(H,43,48)/t25-,26+,27+,29?,30+,32+,33-,34-,35?,36+,37+/m0/s1. The molecule has 11 heteroatoms. The molecule has 1 fully saturated rings. The van der Waals surface area contributed by atoms with E-state index in [2.05, 4.69) is 29.8 Å². The number of methoxy groups -OCH3 is 2. The van der Waals surface area contributed by atoms with Crippen molar-refractivity contribution in [1.82, 2.24) is 20.9 Å². The second-order valence-corrected chi connectivity index (χ2v) is 15.4. The molecule has 3 amide bonds. The number of hydrogen-bond acceptors (Lipinski definition) is 8. The first-order valence-corrected chi connectivity index (χ1v) is 18.9. The molecule has 1 aliphatic carbocycles. The second-order valence-electron chi connectivity index (χ2n) is 15.4. The number of nitrogens with one attached hydrogen (secondary N) is 3. The van der Waals surface area contributed by atoms with E-state index in [1.165, 1.54) is 0 Å². The number of aliphatic hydroxyl groups is 1. The van der Waals surface area contributed by atoms with E-state index in [4.69, 9.17) is 9.47 Å². The molecule has 1 aromatic carbocycles. The normalized spacial score (nSPS) is 21.5. The molecular formula is C40H68N4O7. The highest BCUT2D eigenvalue weighted by molar-refractivity contribution is 5.90. The summed E-state index contributed by atoms with van der Waals surface area (Å²) in [5.74, 6) is -1.83. The molecule has 0 aliphatic heterocycles. The minimum absolute atomic E-state index is 0.00368. The number of rotatable bonds is 21. The smallest absolute Gasteiger partial charge is 0.245 e. The third-order valence-electron chi connectivity index (χ3n) is 11.2. The van der Waals surface area contributed by atoms with E-state index in [9.17, 15) is 24.3 Å². The van der Waals surface area contributed by atoms with Crippen LogP contribution in [-0.4, -0.2) is 98.2 Å². The van der Waals surface area contributed by atoms with Gasteiger partial charge in [-0.2, -0.15) is 0 Å². The lowest BCUT2D eigenvalue weighted by Crippen LogP contribution is -2.59. The lowest BCUT2D eigenvalue weighted by molar-refractivity contribution is -0.145. The van der Waals surface area contributed by atoms with Gasteiger partial charge in [-0.1, -0.05) is 91.6 Å². The molecule has 0 bridgehead atoms. The monoisotopic (exact) mass is 717 g/mol. The Morgan fingerprint density at radius 2 is 1.49 bits per heavy atom. The molecule has 11 nitrogen and oxygen atoms in total. The van der Waals surface area contributed by atoms with Gasteiger partial charge in [0.25, 0.3) is 0 Å². The van der Waals surface area contributed by atoms with E-state index in [1.54, 1.807) is 40.1 Å². The predicted octanol–water partition coefficient (Wildman–Crippen LogP) is 4.52. The summed E-state index contributed by atoms with van der Waals surface area (Å²) in [6, 6.07) is 7.09. The molecule has 0 heterocycles. The molecule has 11 atom stereocenters. The van der Waals surface area contributed by atoms with Crippen LogP contribution in [0.1, 0.15) is 99.2 Å². The number of carbonyl (C=O) groups is 4. The fourth-order valence-electron chi connectivity index (χ4n) is 7.88. The largest absolute Gasteiger partial charge is 0.386 e. The Morgan fingerprint density at radius 3 is 2.00 bits per heavy atom. The van der Waals surface area contributed by atoms with E-state index in [-0.39, 0.29) is 59.5 Å². The number of hydrogen-bond donors (Lipinski definition) is 4. The van der Waals surface area contributed by atoms with Crippen molar-refractivity contribution in [3.05, 3.63) is 35.9 Å². The van der Waals surface area contributed by atoms with Crippen LogP contribution >= 0.6 is 0 Å². The van der Waals surface area contributed by atoms with E-state index in [1.807, 2.05) is 65.0 Å². The van der Waals surface area contributed by atoms with Crippen LogP contribution in [0.4, 0.5) is 0 Å². The minimum Gasteiger partial charge on any atom is -0.386 e. The van der Waals surface area contributed by atoms with Crippen molar-refractivity contribution in [2.45, 2.75) is 130 Å². The number of carbonyl (C=O) groups excluding carboxylic acids is 4. The molecule has 4 N–H and O–H groups in total. The first kappa shape index (κ1) is 44.3. The van der Waals surface area contributed by atoms with Crippen molar-refractivity contribution in [2.24, 2.45) is 35.5 Å². The molecular weight excluding hydrogens is 648 g/mol. The molecule has 2 rings (SSSR count). The summed E-state index contributed by atoms with van der Waals surface area (Å²) in [6.45, 7) is 15.4. The topological polar surface area (TPSA) is 146 Å². The molecule has 290 valence electrons. The predicted molar refractivity (Wildman–Crippen MR) is 201 cm³/mol. The Morgan fingerprint density at radius 1 is 0.882 bits per heavy atom. The van der Waals surface area contributed by atoms with Gasteiger partial charge in [-0.05, 0) is 56.0 Å². The first-order valence-electron chi connectivity index (χ1n) is 18.9. The lowest BCUT2D eigenvalue weighted by atomic mass is 9.79. The van der Waals surface area contributed by atoms with Crippen LogP contribution in [0.15, 0.2) is 30.3 Å². The molecule has 2 unspecified atom stereocenters. The summed E-state index contributed by atoms with van der Waals surface area (Å²) in [5, 5.41) is 19.8. The highest BCUT2D eigenvalue weighted by atomic mass is 16.5. The van der Waals surface area contributed by atoms with E-state index in [0.29, 0.717) is 6.42 Å². The van der Waals surface area contributed by atoms with Crippen LogP contribution in [0.5, 0.6) is 0 Å². The zero-order valence-electron chi connectivity index (χ0n) is 33.3. The Balaban J connectivity index is 2.24. The van der Waals surface area contributed by atoms with Gasteiger partial charge in [-0.25, -0.2) is 0 Å². The number of likely N-dealkylation sites (N-methyl/N-ethyl adjacent to an activating group) is 2.